The monoisotopic (exact) mass is 228 g/mol. The molecular weight excluding hydrogens is 204 g/mol. The third kappa shape index (κ3) is 3.53. The van der Waals surface area contributed by atoms with Crippen LogP contribution >= 0.6 is 12.6 Å². The third-order valence-corrected chi connectivity index (χ3v) is 4.06. The summed E-state index contributed by atoms with van der Waals surface area (Å²) in [5.74, 6) is 1.10. The summed E-state index contributed by atoms with van der Waals surface area (Å²) in [6, 6.07) is 0. The number of aliphatic hydroxyl groups is 1. The van der Waals surface area contributed by atoms with E-state index in [4.69, 9.17) is 0 Å². The lowest BCUT2D eigenvalue weighted by Gasteiger charge is -2.41. The third-order valence-electron chi connectivity index (χ3n) is 3.85. The SMILES string of the molecule is CC(C)[C@@H]1CCC(C)(C/C=C/S)C[C@H]1O. The molecule has 0 aromatic rings. The molecule has 2 heteroatoms. The first kappa shape index (κ1) is 13.1. The van der Waals surface area contributed by atoms with Crippen molar-refractivity contribution in [2.75, 3.05) is 0 Å². The molecular formula is C13H24OS. The zero-order valence-electron chi connectivity index (χ0n) is 10.1. The Morgan fingerprint density at radius 2 is 2.20 bits per heavy atom. The molecule has 1 aliphatic carbocycles. The lowest BCUT2D eigenvalue weighted by molar-refractivity contribution is -0.00889. The maximum Gasteiger partial charge on any atom is 0.0576 e. The van der Waals surface area contributed by atoms with Gasteiger partial charge in [-0.25, -0.2) is 0 Å². The summed E-state index contributed by atoms with van der Waals surface area (Å²) in [5.41, 5.74) is 0.282. The van der Waals surface area contributed by atoms with Crippen molar-refractivity contribution in [2.24, 2.45) is 17.3 Å². The average molecular weight is 228 g/mol. The molecule has 88 valence electrons. The summed E-state index contributed by atoms with van der Waals surface area (Å²) in [7, 11) is 0. The van der Waals surface area contributed by atoms with Crippen LogP contribution in [-0.2, 0) is 0 Å². The van der Waals surface area contributed by atoms with Crippen LogP contribution in [0.15, 0.2) is 11.5 Å². The molecule has 1 unspecified atom stereocenters. The Morgan fingerprint density at radius 1 is 1.53 bits per heavy atom. The minimum Gasteiger partial charge on any atom is -0.393 e. The van der Waals surface area contributed by atoms with Crippen LogP contribution in [0, 0.1) is 17.3 Å². The van der Waals surface area contributed by atoms with Gasteiger partial charge in [0, 0.05) is 0 Å². The summed E-state index contributed by atoms with van der Waals surface area (Å²) in [4.78, 5) is 0. The average Bonchev–Trinajstić information content (AvgIpc) is 2.14. The molecule has 0 aromatic carbocycles. The Morgan fingerprint density at radius 3 is 2.67 bits per heavy atom. The van der Waals surface area contributed by atoms with Crippen LogP contribution in [0.1, 0.15) is 46.5 Å². The first-order valence-corrected chi connectivity index (χ1v) is 6.47. The molecule has 3 atom stereocenters. The fourth-order valence-electron chi connectivity index (χ4n) is 2.77. The van der Waals surface area contributed by atoms with Gasteiger partial charge in [0.2, 0.25) is 0 Å². The fourth-order valence-corrected chi connectivity index (χ4v) is 2.87. The van der Waals surface area contributed by atoms with E-state index in [0.717, 1.165) is 19.3 Å². The Bertz CT molecular complexity index is 225. The normalized spacial score (nSPS) is 37.7. The van der Waals surface area contributed by atoms with Crippen molar-refractivity contribution < 1.29 is 5.11 Å². The van der Waals surface area contributed by atoms with E-state index in [-0.39, 0.29) is 11.5 Å². The molecule has 1 N–H and O–H groups in total. The summed E-state index contributed by atoms with van der Waals surface area (Å²) in [6.45, 7) is 6.70. The number of hydrogen-bond acceptors (Lipinski definition) is 2. The molecule has 1 saturated carbocycles. The maximum atomic E-state index is 10.1. The smallest absolute Gasteiger partial charge is 0.0576 e. The molecule has 1 nitrogen and oxygen atoms in total. The molecule has 0 heterocycles. The molecule has 15 heavy (non-hydrogen) atoms. The summed E-state index contributed by atoms with van der Waals surface area (Å²) in [5, 5.41) is 11.9. The highest BCUT2D eigenvalue weighted by atomic mass is 32.1. The van der Waals surface area contributed by atoms with Crippen LogP contribution < -0.4 is 0 Å². The first-order chi connectivity index (χ1) is 6.98. The van der Waals surface area contributed by atoms with Crippen LogP contribution in [0.3, 0.4) is 0 Å². The highest BCUT2D eigenvalue weighted by molar-refractivity contribution is 7.83. The van der Waals surface area contributed by atoms with Gasteiger partial charge in [-0.2, -0.15) is 12.6 Å². The number of allylic oxidation sites excluding steroid dienone is 1. The van der Waals surface area contributed by atoms with Gasteiger partial charge < -0.3 is 5.11 Å². The van der Waals surface area contributed by atoms with Gasteiger partial charge in [-0.15, -0.1) is 0 Å². The second-order valence-corrected chi connectivity index (χ2v) is 5.92. The lowest BCUT2D eigenvalue weighted by atomic mass is 9.66. The Hall–Kier alpha value is 0.0500. The van der Waals surface area contributed by atoms with Gasteiger partial charge in [0.1, 0.15) is 0 Å². The van der Waals surface area contributed by atoms with Crippen LogP contribution in [0.4, 0.5) is 0 Å². The maximum absolute atomic E-state index is 10.1. The molecule has 0 aliphatic heterocycles. The molecule has 0 spiro atoms. The van der Waals surface area contributed by atoms with Crippen LogP contribution in [0.2, 0.25) is 0 Å². The van der Waals surface area contributed by atoms with Crippen LogP contribution in [-0.4, -0.2) is 11.2 Å². The van der Waals surface area contributed by atoms with Crippen molar-refractivity contribution in [3.05, 3.63) is 11.5 Å². The molecule has 1 rings (SSSR count). The molecule has 0 aromatic heterocycles. The van der Waals surface area contributed by atoms with Gasteiger partial charge >= 0.3 is 0 Å². The van der Waals surface area contributed by atoms with E-state index in [2.05, 4.69) is 39.5 Å². The summed E-state index contributed by atoms with van der Waals surface area (Å²) >= 11 is 4.09. The Labute approximate surface area is 99.4 Å². The molecule has 0 amide bonds. The van der Waals surface area contributed by atoms with Gasteiger partial charge in [-0.05, 0) is 48.3 Å². The van der Waals surface area contributed by atoms with Crippen LogP contribution in [0.5, 0.6) is 0 Å². The fraction of sp³-hybridized carbons (Fsp3) is 0.846. The molecule has 1 fully saturated rings. The van der Waals surface area contributed by atoms with Gasteiger partial charge in [0.15, 0.2) is 0 Å². The van der Waals surface area contributed by atoms with Crippen molar-refractivity contribution in [3.63, 3.8) is 0 Å². The first-order valence-electron chi connectivity index (χ1n) is 5.96. The van der Waals surface area contributed by atoms with Crippen molar-refractivity contribution in [2.45, 2.75) is 52.6 Å². The second kappa shape index (κ2) is 5.40. The van der Waals surface area contributed by atoms with Gasteiger partial charge in [0.25, 0.3) is 0 Å². The van der Waals surface area contributed by atoms with E-state index in [9.17, 15) is 5.11 Å². The molecule has 1 aliphatic rings. The topological polar surface area (TPSA) is 20.2 Å². The minimum absolute atomic E-state index is 0.114. The largest absolute Gasteiger partial charge is 0.393 e. The van der Waals surface area contributed by atoms with E-state index in [1.807, 2.05) is 5.41 Å². The minimum atomic E-state index is -0.114. The van der Waals surface area contributed by atoms with Gasteiger partial charge in [0.05, 0.1) is 6.10 Å². The molecule has 0 saturated heterocycles. The highest BCUT2D eigenvalue weighted by Gasteiger charge is 2.37. The Balaban J connectivity index is 2.56. The van der Waals surface area contributed by atoms with E-state index in [0.29, 0.717) is 11.8 Å². The molecule has 0 radical (unpaired) electrons. The van der Waals surface area contributed by atoms with Gasteiger partial charge in [-0.1, -0.05) is 26.8 Å². The zero-order valence-corrected chi connectivity index (χ0v) is 11.0. The number of rotatable bonds is 3. The number of aliphatic hydroxyl groups excluding tert-OH is 1. The van der Waals surface area contributed by atoms with Crippen molar-refractivity contribution in [1.82, 2.24) is 0 Å². The van der Waals surface area contributed by atoms with E-state index >= 15 is 0 Å². The van der Waals surface area contributed by atoms with Gasteiger partial charge in [-0.3, -0.25) is 0 Å². The number of hydrogen-bond donors (Lipinski definition) is 2. The van der Waals surface area contributed by atoms with E-state index < -0.39 is 0 Å². The van der Waals surface area contributed by atoms with E-state index in [1.165, 1.54) is 6.42 Å². The zero-order chi connectivity index (χ0) is 11.5. The van der Waals surface area contributed by atoms with Crippen molar-refractivity contribution in [3.8, 4) is 0 Å². The summed E-state index contributed by atoms with van der Waals surface area (Å²) in [6.07, 6.45) is 6.36. The van der Waals surface area contributed by atoms with E-state index in [1.54, 1.807) is 0 Å². The quantitative estimate of drug-likeness (QED) is 0.707. The predicted octanol–water partition coefficient (Wildman–Crippen LogP) is 3.64. The standard InChI is InChI=1S/C13H24OS/c1-10(2)11-5-7-13(3,6-4-8-15)9-12(11)14/h4,8,10-12,14-15H,5-7,9H2,1-3H3/b8-4+/t11-,12+,13?/m0/s1. The number of thiol groups is 1. The molecule has 0 bridgehead atoms. The lowest BCUT2D eigenvalue weighted by Crippen LogP contribution is -2.37. The highest BCUT2D eigenvalue weighted by Crippen LogP contribution is 2.43. The summed E-state index contributed by atoms with van der Waals surface area (Å²) < 4.78 is 0. The van der Waals surface area contributed by atoms with Crippen molar-refractivity contribution >= 4 is 12.6 Å². The van der Waals surface area contributed by atoms with Crippen LogP contribution in [0.25, 0.3) is 0 Å². The van der Waals surface area contributed by atoms with Crippen molar-refractivity contribution in [1.29, 1.82) is 0 Å². The predicted molar refractivity (Wildman–Crippen MR) is 69.0 cm³/mol. The Kier molecular flexibility index (Phi) is 4.72. The second-order valence-electron chi connectivity index (χ2n) is 5.62.